The van der Waals surface area contributed by atoms with Crippen LogP contribution in [0.5, 0.6) is 0 Å². The van der Waals surface area contributed by atoms with Crippen molar-refractivity contribution in [3.05, 3.63) is 0 Å². The fourth-order valence-electron chi connectivity index (χ4n) is 3.32. The van der Waals surface area contributed by atoms with Crippen LogP contribution in [-0.4, -0.2) is 12.1 Å². The van der Waals surface area contributed by atoms with E-state index in [2.05, 4.69) is 12.2 Å². The van der Waals surface area contributed by atoms with Gasteiger partial charge in [-0.05, 0) is 56.8 Å². The van der Waals surface area contributed by atoms with Crippen molar-refractivity contribution < 1.29 is 0 Å². The van der Waals surface area contributed by atoms with Crippen LogP contribution >= 0.6 is 0 Å². The lowest BCUT2D eigenvalue weighted by atomic mass is 9.80. The van der Waals surface area contributed by atoms with Crippen LogP contribution in [0.4, 0.5) is 0 Å². The van der Waals surface area contributed by atoms with E-state index in [0.29, 0.717) is 0 Å². The van der Waals surface area contributed by atoms with E-state index in [1.165, 1.54) is 38.5 Å². The summed E-state index contributed by atoms with van der Waals surface area (Å²) in [6.07, 6.45) is 8.96. The van der Waals surface area contributed by atoms with Gasteiger partial charge in [0.15, 0.2) is 0 Å². The van der Waals surface area contributed by atoms with E-state index in [4.69, 9.17) is 0 Å². The van der Waals surface area contributed by atoms with Crippen LogP contribution in [0.25, 0.3) is 0 Å². The van der Waals surface area contributed by atoms with Gasteiger partial charge in [0.2, 0.25) is 0 Å². The van der Waals surface area contributed by atoms with Crippen LogP contribution in [-0.2, 0) is 0 Å². The van der Waals surface area contributed by atoms with Gasteiger partial charge in [-0.2, -0.15) is 0 Å². The molecule has 1 N–H and O–H groups in total. The second-order valence-corrected chi connectivity index (χ2v) is 5.49. The molecule has 0 heterocycles. The third-order valence-corrected chi connectivity index (χ3v) is 4.68. The van der Waals surface area contributed by atoms with Crippen molar-refractivity contribution >= 4 is 0 Å². The molecule has 0 bridgehead atoms. The van der Waals surface area contributed by atoms with Crippen molar-refractivity contribution in [1.82, 2.24) is 5.32 Å². The minimum atomic E-state index is 0.804. The normalized spacial score (nSPS) is 45.5. The van der Waals surface area contributed by atoms with Crippen molar-refractivity contribution in [2.75, 3.05) is 0 Å². The lowest BCUT2D eigenvalue weighted by molar-refractivity contribution is 0.222. The standard InChI is InChI=1S/C12H21N/c1-8(9-3-2-4-9)13-12-6-5-10-7-11(10)12/h8-13H,2-7H2,1H3/t8?,10-,11+,12?/m1/s1. The van der Waals surface area contributed by atoms with Gasteiger partial charge >= 0.3 is 0 Å². The molecule has 3 aliphatic carbocycles. The molecule has 0 amide bonds. The zero-order valence-electron chi connectivity index (χ0n) is 8.63. The Labute approximate surface area is 81.3 Å². The topological polar surface area (TPSA) is 12.0 Å². The Morgan fingerprint density at radius 1 is 1.15 bits per heavy atom. The van der Waals surface area contributed by atoms with Gasteiger partial charge in [0.1, 0.15) is 0 Å². The fraction of sp³-hybridized carbons (Fsp3) is 1.00. The fourth-order valence-corrected chi connectivity index (χ4v) is 3.32. The van der Waals surface area contributed by atoms with Crippen molar-refractivity contribution in [2.24, 2.45) is 17.8 Å². The van der Waals surface area contributed by atoms with E-state index in [9.17, 15) is 0 Å². The molecule has 0 radical (unpaired) electrons. The molecule has 4 atom stereocenters. The Morgan fingerprint density at radius 3 is 2.46 bits per heavy atom. The average Bonchev–Trinajstić information content (AvgIpc) is 2.66. The number of rotatable bonds is 3. The van der Waals surface area contributed by atoms with Crippen LogP contribution < -0.4 is 5.32 Å². The quantitative estimate of drug-likeness (QED) is 0.702. The predicted molar refractivity (Wildman–Crippen MR) is 54.6 cm³/mol. The Bertz CT molecular complexity index is 197. The molecule has 3 aliphatic rings. The Hall–Kier alpha value is -0.0400. The molecule has 0 spiro atoms. The summed E-state index contributed by atoms with van der Waals surface area (Å²) in [5, 5.41) is 3.87. The van der Waals surface area contributed by atoms with Crippen LogP contribution in [0.15, 0.2) is 0 Å². The monoisotopic (exact) mass is 179 g/mol. The minimum Gasteiger partial charge on any atom is -0.311 e. The zero-order chi connectivity index (χ0) is 8.84. The maximum atomic E-state index is 3.87. The molecule has 0 aromatic carbocycles. The second kappa shape index (κ2) is 2.98. The highest BCUT2D eigenvalue weighted by Gasteiger charge is 2.48. The van der Waals surface area contributed by atoms with Gasteiger partial charge in [0, 0.05) is 12.1 Å². The highest BCUT2D eigenvalue weighted by molar-refractivity contribution is 5.02. The number of nitrogens with one attached hydrogen (secondary N) is 1. The van der Waals surface area contributed by atoms with Gasteiger partial charge in [0.05, 0.1) is 0 Å². The molecule has 2 unspecified atom stereocenters. The number of fused-ring (bicyclic) bond motifs is 1. The molecule has 0 aromatic heterocycles. The molecule has 0 saturated heterocycles. The predicted octanol–water partition coefficient (Wildman–Crippen LogP) is 2.56. The minimum absolute atomic E-state index is 0.804. The van der Waals surface area contributed by atoms with E-state index in [1.807, 2.05) is 0 Å². The maximum Gasteiger partial charge on any atom is 0.0101 e. The molecule has 13 heavy (non-hydrogen) atoms. The molecule has 3 rings (SSSR count). The van der Waals surface area contributed by atoms with Gasteiger partial charge in [-0.1, -0.05) is 6.42 Å². The van der Waals surface area contributed by atoms with Crippen LogP contribution in [0.2, 0.25) is 0 Å². The van der Waals surface area contributed by atoms with E-state index in [0.717, 1.165) is 29.8 Å². The first kappa shape index (κ1) is 8.28. The van der Waals surface area contributed by atoms with Gasteiger partial charge < -0.3 is 5.32 Å². The zero-order valence-corrected chi connectivity index (χ0v) is 8.63. The highest BCUT2D eigenvalue weighted by Crippen LogP contribution is 2.52. The Kier molecular flexibility index (Phi) is 1.90. The lowest BCUT2D eigenvalue weighted by Gasteiger charge is -2.34. The molecule has 74 valence electrons. The van der Waals surface area contributed by atoms with Crippen molar-refractivity contribution in [3.63, 3.8) is 0 Å². The van der Waals surface area contributed by atoms with Crippen molar-refractivity contribution in [3.8, 4) is 0 Å². The summed E-state index contributed by atoms with van der Waals surface area (Å²) < 4.78 is 0. The van der Waals surface area contributed by atoms with E-state index in [1.54, 1.807) is 0 Å². The third kappa shape index (κ3) is 1.41. The SMILES string of the molecule is CC(NC1CC[C@@H]2C[C@H]12)C1CCC1. The number of hydrogen-bond acceptors (Lipinski definition) is 1. The average molecular weight is 179 g/mol. The maximum absolute atomic E-state index is 3.87. The summed E-state index contributed by atoms with van der Waals surface area (Å²) >= 11 is 0. The largest absolute Gasteiger partial charge is 0.311 e. The van der Waals surface area contributed by atoms with Gasteiger partial charge in [0.25, 0.3) is 0 Å². The van der Waals surface area contributed by atoms with Crippen molar-refractivity contribution in [1.29, 1.82) is 0 Å². The molecule has 0 aliphatic heterocycles. The Morgan fingerprint density at radius 2 is 2.00 bits per heavy atom. The summed E-state index contributed by atoms with van der Waals surface area (Å²) in [6, 6.07) is 1.71. The first-order valence-electron chi connectivity index (χ1n) is 6.10. The summed E-state index contributed by atoms with van der Waals surface area (Å²) in [5.74, 6) is 3.23. The molecular formula is C12H21N. The molecule has 1 nitrogen and oxygen atoms in total. The molecule has 1 heteroatoms. The van der Waals surface area contributed by atoms with E-state index in [-0.39, 0.29) is 0 Å². The van der Waals surface area contributed by atoms with Crippen LogP contribution in [0, 0.1) is 17.8 Å². The third-order valence-electron chi connectivity index (χ3n) is 4.68. The summed E-state index contributed by atoms with van der Waals surface area (Å²) in [6.45, 7) is 2.40. The van der Waals surface area contributed by atoms with Gasteiger partial charge in [-0.3, -0.25) is 0 Å². The molecular weight excluding hydrogens is 158 g/mol. The molecule has 0 aromatic rings. The lowest BCUT2D eigenvalue weighted by Crippen LogP contribution is -2.43. The van der Waals surface area contributed by atoms with E-state index < -0.39 is 0 Å². The van der Waals surface area contributed by atoms with Crippen LogP contribution in [0.1, 0.15) is 45.4 Å². The first-order valence-corrected chi connectivity index (χ1v) is 6.10. The summed E-state index contributed by atoms with van der Waals surface area (Å²) in [4.78, 5) is 0. The Balaban J connectivity index is 1.50. The highest BCUT2D eigenvalue weighted by atomic mass is 15.0. The summed E-state index contributed by atoms with van der Waals surface area (Å²) in [5.41, 5.74) is 0. The first-order chi connectivity index (χ1) is 6.34. The molecule has 3 saturated carbocycles. The van der Waals surface area contributed by atoms with Crippen molar-refractivity contribution in [2.45, 2.75) is 57.5 Å². The van der Waals surface area contributed by atoms with Gasteiger partial charge in [-0.15, -0.1) is 0 Å². The second-order valence-electron chi connectivity index (χ2n) is 5.49. The number of hydrogen-bond donors (Lipinski definition) is 1. The van der Waals surface area contributed by atoms with Crippen LogP contribution in [0.3, 0.4) is 0 Å². The smallest absolute Gasteiger partial charge is 0.0101 e. The molecule has 3 fully saturated rings. The van der Waals surface area contributed by atoms with Gasteiger partial charge in [-0.25, -0.2) is 0 Å². The summed E-state index contributed by atoms with van der Waals surface area (Å²) in [7, 11) is 0. The van der Waals surface area contributed by atoms with E-state index >= 15 is 0 Å².